The number of aliphatic carboxylic acids is 1. The second-order valence-electron chi connectivity index (χ2n) is 5.04. The fraction of sp³-hybridized carbons (Fsp3) is 0.769. The van der Waals surface area contributed by atoms with Crippen LogP contribution in [0.5, 0.6) is 0 Å². The minimum Gasteiger partial charge on any atom is -0.478 e. The standard InChI is InChI=1S/C13H24N2O2/c1-11(9-13(16)17)10-14-6-3-12-4-7-15(2)8-5-12/h9,12,14H,3-8,10H2,1-2H3,(H,16,17). The van der Waals surface area contributed by atoms with Crippen molar-refractivity contribution in [1.82, 2.24) is 10.2 Å². The van der Waals surface area contributed by atoms with E-state index in [4.69, 9.17) is 5.11 Å². The third-order valence-corrected chi connectivity index (χ3v) is 3.34. The molecular formula is C13H24N2O2. The average molecular weight is 240 g/mol. The Labute approximate surface area is 104 Å². The predicted octanol–water partition coefficient (Wildman–Crippen LogP) is 1.34. The van der Waals surface area contributed by atoms with E-state index in [2.05, 4.69) is 17.3 Å². The lowest BCUT2D eigenvalue weighted by Gasteiger charge is -2.28. The van der Waals surface area contributed by atoms with Crippen LogP contribution in [-0.4, -0.2) is 49.2 Å². The summed E-state index contributed by atoms with van der Waals surface area (Å²) >= 11 is 0. The summed E-state index contributed by atoms with van der Waals surface area (Å²) in [5.41, 5.74) is 0.876. The molecule has 1 fully saturated rings. The monoisotopic (exact) mass is 240 g/mol. The molecule has 2 N–H and O–H groups in total. The Balaban J connectivity index is 2.06. The van der Waals surface area contributed by atoms with E-state index in [1.54, 1.807) is 0 Å². The van der Waals surface area contributed by atoms with Crippen molar-refractivity contribution in [2.24, 2.45) is 5.92 Å². The molecule has 1 saturated heterocycles. The molecule has 0 aromatic heterocycles. The summed E-state index contributed by atoms with van der Waals surface area (Å²) in [6.45, 7) is 5.93. The first-order chi connectivity index (χ1) is 8.08. The van der Waals surface area contributed by atoms with Gasteiger partial charge in [-0.3, -0.25) is 0 Å². The lowest BCUT2D eigenvalue weighted by atomic mass is 9.94. The summed E-state index contributed by atoms with van der Waals surface area (Å²) in [5, 5.41) is 11.9. The normalized spacial score (nSPS) is 19.5. The molecule has 0 saturated carbocycles. The van der Waals surface area contributed by atoms with Crippen LogP contribution in [0.1, 0.15) is 26.2 Å². The molecule has 0 amide bonds. The zero-order valence-corrected chi connectivity index (χ0v) is 10.9. The van der Waals surface area contributed by atoms with Gasteiger partial charge in [0.15, 0.2) is 0 Å². The smallest absolute Gasteiger partial charge is 0.328 e. The molecule has 17 heavy (non-hydrogen) atoms. The molecule has 0 aliphatic carbocycles. The number of piperidine rings is 1. The van der Waals surface area contributed by atoms with Crippen molar-refractivity contribution in [2.45, 2.75) is 26.2 Å². The molecule has 0 unspecified atom stereocenters. The summed E-state index contributed by atoms with van der Waals surface area (Å²) in [5.74, 6) is -0.0259. The Kier molecular flexibility index (Phi) is 6.22. The van der Waals surface area contributed by atoms with Gasteiger partial charge in [-0.15, -0.1) is 0 Å². The molecule has 0 spiro atoms. The average Bonchev–Trinajstić information content (AvgIpc) is 2.26. The first-order valence-corrected chi connectivity index (χ1v) is 6.37. The van der Waals surface area contributed by atoms with E-state index >= 15 is 0 Å². The van der Waals surface area contributed by atoms with Gasteiger partial charge in [0, 0.05) is 12.6 Å². The highest BCUT2D eigenvalue weighted by molar-refractivity contribution is 5.80. The van der Waals surface area contributed by atoms with Gasteiger partial charge in [-0.25, -0.2) is 4.79 Å². The van der Waals surface area contributed by atoms with E-state index in [0.717, 1.165) is 18.0 Å². The van der Waals surface area contributed by atoms with Crippen LogP contribution in [-0.2, 0) is 4.79 Å². The quantitative estimate of drug-likeness (QED) is 0.543. The summed E-state index contributed by atoms with van der Waals surface area (Å²) in [6, 6.07) is 0. The second kappa shape index (κ2) is 7.45. The largest absolute Gasteiger partial charge is 0.478 e. The molecule has 4 nitrogen and oxygen atoms in total. The first kappa shape index (κ1) is 14.2. The van der Waals surface area contributed by atoms with Crippen molar-refractivity contribution in [3.8, 4) is 0 Å². The number of nitrogens with one attached hydrogen (secondary N) is 1. The molecule has 0 bridgehead atoms. The molecule has 0 radical (unpaired) electrons. The fourth-order valence-electron chi connectivity index (χ4n) is 2.20. The van der Waals surface area contributed by atoms with Crippen molar-refractivity contribution in [3.05, 3.63) is 11.6 Å². The zero-order valence-electron chi connectivity index (χ0n) is 10.9. The number of likely N-dealkylation sites (tertiary alicyclic amines) is 1. The molecule has 0 aromatic carbocycles. The zero-order chi connectivity index (χ0) is 12.7. The van der Waals surface area contributed by atoms with Gasteiger partial charge in [0.2, 0.25) is 0 Å². The van der Waals surface area contributed by atoms with Crippen molar-refractivity contribution >= 4 is 5.97 Å². The number of hydrogen-bond acceptors (Lipinski definition) is 3. The van der Waals surface area contributed by atoms with Crippen LogP contribution < -0.4 is 5.32 Å². The van der Waals surface area contributed by atoms with E-state index in [9.17, 15) is 4.79 Å². The topological polar surface area (TPSA) is 52.6 Å². The Morgan fingerprint density at radius 3 is 2.71 bits per heavy atom. The van der Waals surface area contributed by atoms with Crippen LogP contribution in [0, 0.1) is 5.92 Å². The molecule has 1 aliphatic rings. The highest BCUT2D eigenvalue weighted by Crippen LogP contribution is 2.18. The van der Waals surface area contributed by atoms with Gasteiger partial charge in [0.05, 0.1) is 0 Å². The van der Waals surface area contributed by atoms with Crippen molar-refractivity contribution < 1.29 is 9.90 Å². The van der Waals surface area contributed by atoms with Gasteiger partial charge in [0.25, 0.3) is 0 Å². The number of carboxylic acid groups (broad SMARTS) is 1. The number of carbonyl (C=O) groups is 1. The van der Waals surface area contributed by atoms with E-state index in [-0.39, 0.29) is 0 Å². The lowest BCUT2D eigenvalue weighted by Crippen LogP contribution is -2.31. The molecule has 98 valence electrons. The molecule has 1 rings (SSSR count). The lowest BCUT2D eigenvalue weighted by molar-refractivity contribution is -0.131. The first-order valence-electron chi connectivity index (χ1n) is 6.37. The van der Waals surface area contributed by atoms with E-state index in [0.29, 0.717) is 6.54 Å². The van der Waals surface area contributed by atoms with E-state index < -0.39 is 5.97 Å². The molecule has 4 heteroatoms. The number of carboxylic acids is 1. The van der Waals surface area contributed by atoms with Gasteiger partial charge < -0.3 is 15.3 Å². The van der Waals surface area contributed by atoms with Gasteiger partial charge >= 0.3 is 5.97 Å². The molecular weight excluding hydrogens is 216 g/mol. The van der Waals surface area contributed by atoms with Gasteiger partial charge in [-0.05, 0) is 58.8 Å². The van der Waals surface area contributed by atoms with Crippen molar-refractivity contribution in [2.75, 3.05) is 33.2 Å². The van der Waals surface area contributed by atoms with E-state index in [1.807, 2.05) is 6.92 Å². The van der Waals surface area contributed by atoms with Crippen molar-refractivity contribution in [1.29, 1.82) is 0 Å². The Hall–Kier alpha value is -0.870. The molecule has 0 atom stereocenters. The Morgan fingerprint density at radius 2 is 2.12 bits per heavy atom. The van der Waals surface area contributed by atoms with Crippen LogP contribution in [0.25, 0.3) is 0 Å². The maximum atomic E-state index is 10.4. The minimum atomic E-state index is -0.861. The SMILES string of the molecule is CC(=CC(=O)O)CNCCC1CCN(C)CC1. The van der Waals surface area contributed by atoms with E-state index in [1.165, 1.54) is 38.4 Å². The van der Waals surface area contributed by atoms with Crippen molar-refractivity contribution in [3.63, 3.8) is 0 Å². The summed E-state index contributed by atoms with van der Waals surface area (Å²) < 4.78 is 0. The van der Waals surface area contributed by atoms with Gasteiger partial charge in [-0.1, -0.05) is 5.57 Å². The summed E-state index contributed by atoms with van der Waals surface area (Å²) in [7, 11) is 2.18. The Bertz CT molecular complexity index is 269. The number of nitrogens with zero attached hydrogens (tertiary/aromatic N) is 1. The second-order valence-corrected chi connectivity index (χ2v) is 5.04. The third-order valence-electron chi connectivity index (χ3n) is 3.34. The number of hydrogen-bond donors (Lipinski definition) is 2. The maximum Gasteiger partial charge on any atom is 0.328 e. The fourth-order valence-corrected chi connectivity index (χ4v) is 2.20. The highest BCUT2D eigenvalue weighted by Gasteiger charge is 2.15. The third kappa shape index (κ3) is 6.44. The minimum absolute atomic E-state index is 0.679. The number of rotatable bonds is 6. The van der Waals surface area contributed by atoms with Crippen LogP contribution in [0.2, 0.25) is 0 Å². The van der Waals surface area contributed by atoms with Gasteiger partial charge in [0.1, 0.15) is 0 Å². The van der Waals surface area contributed by atoms with Gasteiger partial charge in [-0.2, -0.15) is 0 Å². The summed E-state index contributed by atoms with van der Waals surface area (Å²) in [4.78, 5) is 12.8. The molecule has 1 heterocycles. The highest BCUT2D eigenvalue weighted by atomic mass is 16.4. The maximum absolute atomic E-state index is 10.4. The Morgan fingerprint density at radius 1 is 1.47 bits per heavy atom. The molecule has 1 aliphatic heterocycles. The van der Waals surface area contributed by atoms with Crippen LogP contribution in [0.15, 0.2) is 11.6 Å². The molecule has 0 aromatic rings. The summed E-state index contributed by atoms with van der Waals surface area (Å²) in [6.07, 6.45) is 5.06. The van der Waals surface area contributed by atoms with Crippen LogP contribution in [0.4, 0.5) is 0 Å². The predicted molar refractivity (Wildman–Crippen MR) is 69.1 cm³/mol. The van der Waals surface area contributed by atoms with Crippen LogP contribution in [0.3, 0.4) is 0 Å². The van der Waals surface area contributed by atoms with Crippen LogP contribution >= 0.6 is 0 Å².